The Morgan fingerprint density at radius 2 is 2.29 bits per heavy atom. The lowest BCUT2D eigenvalue weighted by Gasteiger charge is -2.39. The van der Waals surface area contributed by atoms with Crippen molar-refractivity contribution in [1.82, 2.24) is 9.80 Å². The summed E-state index contributed by atoms with van der Waals surface area (Å²) < 4.78 is 0. The molecule has 0 bridgehead atoms. The Morgan fingerprint density at radius 1 is 1.53 bits per heavy atom. The molecule has 1 aliphatic rings. The molecule has 1 amide bonds. The second-order valence-electron chi connectivity index (χ2n) is 4.62. The van der Waals surface area contributed by atoms with Gasteiger partial charge in [-0.2, -0.15) is 11.3 Å². The van der Waals surface area contributed by atoms with Gasteiger partial charge in [0.2, 0.25) is 0 Å². The van der Waals surface area contributed by atoms with E-state index in [1.165, 1.54) is 0 Å². The van der Waals surface area contributed by atoms with Crippen LogP contribution >= 0.6 is 11.3 Å². The van der Waals surface area contributed by atoms with Crippen molar-refractivity contribution in [1.29, 1.82) is 0 Å². The van der Waals surface area contributed by atoms with Crippen molar-refractivity contribution in [2.24, 2.45) is 5.73 Å². The molecule has 1 aliphatic heterocycles. The Morgan fingerprint density at radius 3 is 2.88 bits per heavy atom. The number of hydrogen-bond acceptors (Lipinski definition) is 4. The number of carbonyl (C=O) groups excluding carboxylic acids is 1. The molecule has 5 heteroatoms. The van der Waals surface area contributed by atoms with Crippen LogP contribution in [0.25, 0.3) is 0 Å². The standard InChI is InChI=1S/C12H19N3OS/c1-9-7-17-8-11(9)12(16)15-4-3-14(2)6-10(15)5-13/h7-8,10H,3-6,13H2,1-2H3. The third-order valence-electron chi connectivity index (χ3n) is 3.30. The third kappa shape index (κ3) is 2.51. The van der Waals surface area contributed by atoms with Crippen molar-refractivity contribution in [3.05, 3.63) is 21.9 Å². The van der Waals surface area contributed by atoms with Gasteiger partial charge in [-0.15, -0.1) is 0 Å². The third-order valence-corrected chi connectivity index (χ3v) is 4.17. The summed E-state index contributed by atoms with van der Waals surface area (Å²) in [6.07, 6.45) is 0. The SMILES string of the molecule is Cc1cscc1C(=O)N1CCN(C)CC1CN. The number of nitrogens with zero attached hydrogens (tertiary/aromatic N) is 2. The van der Waals surface area contributed by atoms with Crippen LogP contribution in [0, 0.1) is 6.92 Å². The van der Waals surface area contributed by atoms with Crippen LogP contribution in [0.2, 0.25) is 0 Å². The molecule has 2 rings (SSSR count). The normalized spacial score (nSPS) is 21.8. The van der Waals surface area contributed by atoms with Gasteiger partial charge in [-0.25, -0.2) is 0 Å². The predicted molar refractivity (Wildman–Crippen MR) is 70.4 cm³/mol. The minimum absolute atomic E-state index is 0.132. The first kappa shape index (κ1) is 12.5. The maximum atomic E-state index is 12.4. The highest BCUT2D eigenvalue weighted by Crippen LogP contribution is 2.19. The minimum atomic E-state index is 0.132. The number of piperazine rings is 1. The molecule has 0 aromatic carbocycles. The van der Waals surface area contributed by atoms with E-state index in [0.29, 0.717) is 6.54 Å². The summed E-state index contributed by atoms with van der Waals surface area (Å²) in [5, 5.41) is 3.95. The number of hydrogen-bond donors (Lipinski definition) is 1. The van der Waals surface area contributed by atoms with Gasteiger partial charge < -0.3 is 15.5 Å². The second-order valence-corrected chi connectivity index (χ2v) is 5.36. The molecule has 1 unspecified atom stereocenters. The van der Waals surface area contributed by atoms with Gasteiger partial charge in [0.05, 0.1) is 11.6 Å². The van der Waals surface area contributed by atoms with E-state index in [1.807, 2.05) is 22.6 Å². The molecule has 1 aromatic heterocycles. The summed E-state index contributed by atoms with van der Waals surface area (Å²) in [5.74, 6) is 0.132. The van der Waals surface area contributed by atoms with E-state index < -0.39 is 0 Å². The fourth-order valence-electron chi connectivity index (χ4n) is 2.21. The van der Waals surface area contributed by atoms with Gasteiger partial charge in [0.1, 0.15) is 0 Å². The Labute approximate surface area is 106 Å². The number of rotatable bonds is 2. The van der Waals surface area contributed by atoms with Crippen molar-refractivity contribution >= 4 is 17.2 Å². The molecule has 1 atom stereocenters. The Bertz CT molecular complexity index is 404. The molecule has 2 N–H and O–H groups in total. The van der Waals surface area contributed by atoms with Crippen molar-refractivity contribution in [3.63, 3.8) is 0 Å². The second kappa shape index (κ2) is 5.16. The monoisotopic (exact) mass is 253 g/mol. The molecule has 17 heavy (non-hydrogen) atoms. The van der Waals surface area contributed by atoms with E-state index in [1.54, 1.807) is 11.3 Å². The van der Waals surface area contributed by atoms with Crippen LogP contribution in [-0.2, 0) is 0 Å². The number of aryl methyl sites for hydroxylation is 1. The quantitative estimate of drug-likeness (QED) is 0.847. The lowest BCUT2D eigenvalue weighted by atomic mass is 10.1. The first-order chi connectivity index (χ1) is 8.13. The van der Waals surface area contributed by atoms with Crippen molar-refractivity contribution in [2.45, 2.75) is 13.0 Å². The average Bonchev–Trinajstić information content (AvgIpc) is 2.74. The average molecular weight is 253 g/mol. The minimum Gasteiger partial charge on any atom is -0.332 e. The molecule has 1 aromatic rings. The first-order valence-electron chi connectivity index (χ1n) is 5.86. The van der Waals surface area contributed by atoms with E-state index in [0.717, 1.165) is 30.8 Å². The Balaban J connectivity index is 2.16. The summed E-state index contributed by atoms with van der Waals surface area (Å²) >= 11 is 1.58. The number of thiophene rings is 1. The highest BCUT2D eigenvalue weighted by molar-refractivity contribution is 7.08. The largest absolute Gasteiger partial charge is 0.332 e. The molecular formula is C12H19N3OS. The number of likely N-dealkylation sites (N-methyl/N-ethyl adjacent to an activating group) is 1. The molecular weight excluding hydrogens is 234 g/mol. The highest BCUT2D eigenvalue weighted by atomic mass is 32.1. The number of amides is 1. The molecule has 0 saturated carbocycles. The van der Waals surface area contributed by atoms with Crippen molar-refractivity contribution in [3.8, 4) is 0 Å². The van der Waals surface area contributed by atoms with E-state index in [4.69, 9.17) is 5.73 Å². The van der Waals surface area contributed by atoms with Gasteiger partial charge in [0, 0.05) is 31.6 Å². The molecule has 2 heterocycles. The van der Waals surface area contributed by atoms with Crippen LogP contribution in [0.5, 0.6) is 0 Å². The van der Waals surface area contributed by atoms with Crippen LogP contribution in [0.4, 0.5) is 0 Å². The van der Waals surface area contributed by atoms with Crippen LogP contribution in [-0.4, -0.2) is 55.0 Å². The van der Waals surface area contributed by atoms with E-state index in [-0.39, 0.29) is 11.9 Å². The number of nitrogens with two attached hydrogens (primary N) is 1. The summed E-state index contributed by atoms with van der Waals surface area (Å²) in [4.78, 5) is 16.6. The van der Waals surface area contributed by atoms with E-state index in [9.17, 15) is 4.79 Å². The van der Waals surface area contributed by atoms with Crippen LogP contribution in [0.1, 0.15) is 15.9 Å². The van der Waals surface area contributed by atoms with Gasteiger partial charge in [-0.3, -0.25) is 4.79 Å². The van der Waals surface area contributed by atoms with Gasteiger partial charge >= 0.3 is 0 Å². The highest BCUT2D eigenvalue weighted by Gasteiger charge is 2.29. The van der Waals surface area contributed by atoms with Gasteiger partial charge in [0.25, 0.3) is 5.91 Å². The molecule has 1 saturated heterocycles. The van der Waals surface area contributed by atoms with Gasteiger partial charge in [0.15, 0.2) is 0 Å². The smallest absolute Gasteiger partial charge is 0.255 e. The molecule has 4 nitrogen and oxygen atoms in total. The predicted octanol–water partition coefficient (Wildman–Crippen LogP) is 0.771. The van der Waals surface area contributed by atoms with Crippen molar-refractivity contribution in [2.75, 3.05) is 33.2 Å². The lowest BCUT2D eigenvalue weighted by molar-refractivity contribution is 0.0516. The van der Waals surface area contributed by atoms with E-state index in [2.05, 4.69) is 11.9 Å². The topological polar surface area (TPSA) is 49.6 Å². The zero-order valence-corrected chi connectivity index (χ0v) is 11.2. The van der Waals surface area contributed by atoms with E-state index >= 15 is 0 Å². The zero-order valence-electron chi connectivity index (χ0n) is 10.3. The van der Waals surface area contributed by atoms with Crippen molar-refractivity contribution < 1.29 is 4.79 Å². The molecule has 0 aliphatic carbocycles. The zero-order chi connectivity index (χ0) is 12.4. The first-order valence-corrected chi connectivity index (χ1v) is 6.80. The summed E-state index contributed by atoms with van der Waals surface area (Å²) in [7, 11) is 2.07. The maximum Gasteiger partial charge on any atom is 0.255 e. The number of carbonyl (C=O) groups is 1. The molecule has 1 fully saturated rings. The molecule has 0 spiro atoms. The fourth-order valence-corrected chi connectivity index (χ4v) is 3.04. The van der Waals surface area contributed by atoms with Crippen LogP contribution in [0.15, 0.2) is 10.8 Å². The lowest BCUT2D eigenvalue weighted by Crippen LogP contribution is -2.56. The molecule has 0 radical (unpaired) electrons. The summed E-state index contributed by atoms with van der Waals surface area (Å²) in [6.45, 7) is 5.07. The summed E-state index contributed by atoms with van der Waals surface area (Å²) in [6, 6.07) is 0.139. The molecule has 94 valence electrons. The van der Waals surface area contributed by atoms with Gasteiger partial charge in [-0.05, 0) is 24.9 Å². The van der Waals surface area contributed by atoms with Crippen LogP contribution in [0.3, 0.4) is 0 Å². The Kier molecular flexibility index (Phi) is 3.81. The van der Waals surface area contributed by atoms with Gasteiger partial charge in [-0.1, -0.05) is 0 Å². The van der Waals surface area contributed by atoms with Crippen LogP contribution < -0.4 is 5.73 Å². The maximum absolute atomic E-state index is 12.4. The Hall–Kier alpha value is -0.910. The summed E-state index contributed by atoms with van der Waals surface area (Å²) in [5.41, 5.74) is 7.66. The fraction of sp³-hybridized carbons (Fsp3) is 0.583.